The Labute approximate surface area is 139 Å². The third kappa shape index (κ3) is 4.32. The topological polar surface area (TPSA) is 66.5 Å². The van der Waals surface area contributed by atoms with Crippen molar-refractivity contribution in [3.8, 4) is 0 Å². The number of benzene rings is 1. The van der Waals surface area contributed by atoms with Gasteiger partial charge in [-0.3, -0.25) is 4.79 Å². The van der Waals surface area contributed by atoms with Crippen molar-refractivity contribution in [3.63, 3.8) is 0 Å². The molecule has 6 heteroatoms. The van der Waals surface area contributed by atoms with Gasteiger partial charge in [-0.15, -0.1) is 0 Å². The average molecular weight is 338 g/mol. The number of amides is 1. The maximum Gasteiger partial charge on any atom is 0.254 e. The molecule has 0 heterocycles. The molecule has 2 rings (SSSR count). The number of sulfonamides is 1. The fourth-order valence-corrected chi connectivity index (χ4v) is 4.36. The lowest BCUT2D eigenvalue weighted by atomic mass is 10.1. The molecule has 1 aliphatic carbocycles. The highest BCUT2D eigenvalue weighted by Gasteiger charge is 2.26. The Bertz CT molecular complexity index is 632. The zero-order valence-corrected chi connectivity index (χ0v) is 14.9. The molecule has 0 spiro atoms. The van der Waals surface area contributed by atoms with Gasteiger partial charge in [-0.05, 0) is 57.9 Å². The van der Waals surface area contributed by atoms with Gasteiger partial charge in [0.1, 0.15) is 0 Å². The third-order valence-corrected chi connectivity index (χ3v) is 5.84. The average Bonchev–Trinajstić information content (AvgIpc) is 3.01. The van der Waals surface area contributed by atoms with Crippen molar-refractivity contribution in [2.75, 3.05) is 6.54 Å². The summed E-state index contributed by atoms with van der Waals surface area (Å²) in [6.07, 6.45) is 4.47. The summed E-state index contributed by atoms with van der Waals surface area (Å²) in [7, 11) is -3.52. The minimum atomic E-state index is -3.52. The maximum absolute atomic E-state index is 12.7. The minimum absolute atomic E-state index is 0.0137. The second-order valence-corrected chi connectivity index (χ2v) is 8.04. The largest absolute Gasteiger partial charge is 0.336 e. The van der Waals surface area contributed by atoms with E-state index in [-0.39, 0.29) is 16.8 Å². The van der Waals surface area contributed by atoms with Crippen LogP contribution in [0, 0.1) is 0 Å². The van der Waals surface area contributed by atoms with Crippen molar-refractivity contribution in [2.24, 2.45) is 0 Å². The molecule has 128 valence electrons. The number of carbonyl (C=O) groups excluding carboxylic acids is 1. The minimum Gasteiger partial charge on any atom is -0.336 e. The van der Waals surface area contributed by atoms with Gasteiger partial charge in [0, 0.05) is 24.2 Å². The zero-order chi connectivity index (χ0) is 17.0. The lowest BCUT2D eigenvalue weighted by Gasteiger charge is -2.27. The normalized spacial score (nSPS) is 16.0. The van der Waals surface area contributed by atoms with Crippen molar-refractivity contribution in [1.82, 2.24) is 9.62 Å². The number of carbonyl (C=O) groups is 1. The van der Waals surface area contributed by atoms with Crippen molar-refractivity contribution in [1.29, 1.82) is 0 Å². The number of hydrogen-bond acceptors (Lipinski definition) is 3. The summed E-state index contributed by atoms with van der Waals surface area (Å²) >= 11 is 0. The number of nitrogens with zero attached hydrogens (tertiary/aromatic N) is 1. The highest BCUT2D eigenvalue weighted by molar-refractivity contribution is 7.89. The number of nitrogens with one attached hydrogen (secondary N) is 1. The quantitative estimate of drug-likeness (QED) is 0.867. The monoisotopic (exact) mass is 338 g/mol. The van der Waals surface area contributed by atoms with Crippen LogP contribution in [0.15, 0.2) is 29.2 Å². The summed E-state index contributed by atoms with van der Waals surface area (Å²) in [6.45, 7) is 6.21. The predicted octanol–water partition coefficient (Wildman–Crippen LogP) is 2.78. The summed E-state index contributed by atoms with van der Waals surface area (Å²) in [6, 6.07) is 6.36. The van der Waals surface area contributed by atoms with Crippen LogP contribution in [0.25, 0.3) is 0 Å². The Morgan fingerprint density at radius 1 is 1.22 bits per heavy atom. The van der Waals surface area contributed by atoms with Crippen molar-refractivity contribution in [3.05, 3.63) is 29.8 Å². The molecular formula is C17H26N2O3S. The van der Waals surface area contributed by atoms with Gasteiger partial charge in [-0.25, -0.2) is 13.1 Å². The van der Waals surface area contributed by atoms with Gasteiger partial charge in [0.25, 0.3) is 5.91 Å². The van der Waals surface area contributed by atoms with Crippen LogP contribution in [0.4, 0.5) is 0 Å². The van der Waals surface area contributed by atoms with Crippen LogP contribution >= 0.6 is 0 Å². The van der Waals surface area contributed by atoms with Gasteiger partial charge >= 0.3 is 0 Å². The molecular weight excluding hydrogens is 312 g/mol. The van der Waals surface area contributed by atoms with E-state index in [9.17, 15) is 13.2 Å². The molecule has 5 nitrogen and oxygen atoms in total. The summed E-state index contributed by atoms with van der Waals surface area (Å²) in [4.78, 5) is 14.8. The Balaban J connectivity index is 2.16. The van der Waals surface area contributed by atoms with Crippen molar-refractivity contribution >= 4 is 15.9 Å². The summed E-state index contributed by atoms with van der Waals surface area (Å²) < 4.78 is 26.8. The second kappa shape index (κ2) is 7.45. The Morgan fingerprint density at radius 3 is 2.26 bits per heavy atom. The van der Waals surface area contributed by atoms with Gasteiger partial charge in [0.05, 0.1) is 4.90 Å². The molecule has 0 unspecified atom stereocenters. The van der Waals surface area contributed by atoms with E-state index in [1.165, 1.54) is 25.0 Å². The van der Waals surface area contributed by atoms with E-state index < -0.39 is 10.0 Å². The molecule has 1 aromatic rings. The van der Waals surface area contributed by atoms with E-state index in [2.05, 4.69) is 4.72 Å². The first-order valence-corrected chi connectivity index (χ1v) is 9.77. The molecule has 0 atom stereocenters. The molecule has 0 saturated heterocycles. The molecule has 1 fully saturated rings. The highest BCUT2D eigenvalue weighted by Crippen LogP contribution is 2.25. The molecule has 0 aliphatic heterocycles. The fraction of sp³-hybridized carbons (Fsp3) is 0.588. The highest BCUT2D eigenvalue weighted by atomic mass is 32.2. The molecule has 1 aliphatic rings. The van der Waals surface area contributed by atoms with Crippen LogP contribution in [0.1, 0.15) is 56.8 Å². The van der Waals surface area contributed by atoms with Gasteiger partial charge in [0.15, 0.2) is 0 Å². The number of hydrogen-bond donors (Lipinski definition) is 1. The van der Waals surface area contributed by atoms with E-state index in [0.717, 1.165) is 12.8 Å². The van der Waals surface area contributed by atoms with E-state index in [1.54, 1.807) is 26.0 Å². The summed E-state index contributed by atoms with van der Waals surface area (Å²) in [5.74, 6) is -0.0137. The number of rotatable bonds is 6. The van der Waals surface area contributed by atoms with Gasteiger partial charge in [-0.1, -0.05) is 12.8 Å². The van der Waals surface area contributed by atoms with Crippen molar-refractivity contribution in [2.45, 2.75) is 63.4 Å². The van der Waals surface area contributed by atoms with E-state index in [4.69, 9.17) is 0 Å². The fourth-order valence-electron chi connectivity index (χ4n) is 3.10. The van der Waals surface area contributed by atoms with Gasteiger partial charge in [0.2, 0.25) is 10.0 Å². The van der Waals surface area contributed by atoms with Crippen LogP contribution in [-0.4, -0.2) is 37.9 Å². The molecule has 23 heavy (non-hydrogen) atoms. The molecule has 1 N–H and O–H groups in total. The molecule has 1 saturated carbocycles. The Hall–Kier alpha value is -1.40. The molecule has 0 bridgehead atoms. The van der Waals surface area contributed by atoms with Crippen LogP contribution < -0.4 is 4.72 Å². The molecule has 1 aromatic carbocycles. The van der Waals surface area contributed by atoms with E-state index in [0.29, 0.717) is 18.2 Å². The SMILES string of the molecule is CCN(C(=O)c1ccc(S(=O)(=O)NC(C)C)cc1)C1CCCC1. The second-order valence-electron chi connectivity index (χ2n) is 6.33. The van der Waals surface area contributed by atoms with Crippen LogP contribution in [0.3, 0.4) is 0 Å². The molecule has 0 radical (unpaired) electrons. The van der Waals surface area contributed by atoms with Crippen molar-refractivity contribution < 1.29 is 13.2 Å². The van der Waals surface area contributed by atoms with Crippen LogP contribution in [0.2, 0.25) is 0 Å². The Kier molecular flexibility index (Phi) is 5.81. The van der Waals surface area contributed by atoms with E-state index in [1.807, 2.05) is 11.8 Å². The lowest BCUT2D eigenvalue weighted by Crippen LogP contribution is -2.38. The van der Waals surface area contributed by atoms with Gasteiger partial charge in [-0.2, -0.15) is 0 Å². The maximum atomic E-state index is 12.7. The smallest absolute Gasteiger partial charge is 0.254 e. The standard InChI is InChI=1S/C17H26N2O3S/c1-4-19(15-7-5-6-8-15)17(20)14-9-11-16(12-10-14)23(21,22)18-13(2)3/h9-13,15,18H,4-8H2,1-3H3. The molecule has 0 aromatic heterocycles. The zero-order valence-electron chi connectivity index (χ0n) is 14.1. The summed E-state index contributed by atoms with van der Waals surface area (Å²) in [5, 5.41) is 0. The predicted molar refractivity (Wildman–Crippen MR) is 90.9 cm³/mol. The lowest BCUT2D eigenvalue weighted by molar-refractivity contribution is 0.0693. The van der Waals surface area contributed by atoms with E-state index >= 15 is 0 Å². The first kappa shape index (κ1) is 17.9. The first-order chi connectivity index (χ1) is 10.8. The first-order valence-electron chi connectivity index (χ1n) is 8.28. The van der Waals surface area contributed by atoms with Gasteiger partial charge < -0.3 is 4.90 Å². The molecule has 1 amide bonds. The van der Waals surface area contributed by atoms with Crippen LogP contribution in [-0.2, 0) is 10.0 Å². The van der Waals surface area contributed by atoms with Crippen LogP contribution in [0.5, 0.6) is 0 Å². The summed E-state index contributed by atoms with van der Waals surface area (Å²) in [5.41, 5.74) is 0.544. The third-order valence-electron chi connectivity index (χ3n) is 4.17. The Morgan fingerprint density at radius 2 is 1.78 bits per heavy atom.